The molecule has 2 aliphatic heterocycles. The normalized spacial score (nSPS) is 23.0. The molecule has 2 aromatic rings. The highest BCUT2D eigenvalue weighted by Crippen LogP contribution is 2.34. The van der Waals surface area contributed by atoms with Crippen LogP contribution < -0.4 is 5.32 Å². The van der Waals surface area contributed by atoms with Crippen molar-refractivity contribution in [3.63, 3.8) is 0 Å². The van der Waals surface area contributed by atoms with Gasteiger partial charge in [0.1, 0.15) is 10.7 Å². The summed E-state index contributed by atoms with van der Waals surface area (Å²) in [5, 5.41) is 6.77. The minimum atomic E-state index is 0.0495. The molecule has 1 atom stereocenters. The maximum atomic E-state index is 6.11. The van der Waals surface area contributed by atoms with Gasteiger partial charge >= 0.3 is 0 Å². The molecule has 0 saturated carbocycles. The van der Waals surface area contributed by atoms with Crippen LogP contribution in [0.2, 0.25) is 0 Å². The summed E-state index contributed by atoms with van der Waals surface area (Å²) in [6.07, 6.45) is 10.3. The van der Waals surface area contributed by atoms with Crippen LogP contribution in [0, 0.1) is 0 Å². The van der Waals surface area contributed by atoms with E-state index in [4.69, 9.17) is 9.47 Å². The first kappa shape index (κ1) is 17.0. The Morgan fingerprint density at radius 3 is 3.00 bits per heavy atom. The van der Waals surface area contributed by atoms with E-state index in [9.17, 15) is 0 Å². The van der Waals surface area contributed by atoms with Gasteiger partial charge < -0.3 is 14.8 Å². The second-order valence-electron chi connectivity index (χ2n) is 6.77. The van der Waals surface area contributed by atoms with Crippen molar-refractivity contribution in [3.05, 3.63) is 29.7 Å². The van der Waals surface area contributed by atoms with E-state index in [1.54, 1.807) is 29.9 Å². The molecule has 0 radical (unpaired) electrons. The lowest BCUT2D eigenvalue weighted by atomic mass is 9.84. The summed E-state index contributed by atoms with van der Waals surface area (Å²) in [4.78, 5) is 13.1. The van der Waals surface area contributed by atoms with E-state index in [2.05, 4.69) is 25.6 Å². The molecule has 2 fully saturated rings. The second kappa shape index (κ2) is 7.86. The number of thiazole rings is 1. The molecule has 0 amide bonds. The third-order valence-electron chi connectivity index (χ3n) is 5.05. The number of nitrogens with one attached hydrogen (secondary N) is 1. The fraction of sp³-hybridized carbons (Fsp3) is 0.611. The number of hydrogen-bond acceptors (Lipinski definition) is 7. The molecule has 2 aliphatic rings. The van der Waals surface area contributed by atoms with Crippen LogP contribution in [-0.4, -0.2) is 53.0 Å². The zero-order valence-corrected chi connectivity index (χ0v) is 15.1. The molecule has 2 aromatic heterocycles. The Bertz CT molecular complexity index is 667. The zero-order valence-electron chi connectivity index (χ0n) is 14.3. The molecule has 1 spiro atoms. The van der Waals surface area contributed by atoms with Crippen LogP contribution in [-0.2, 0) is 15.9 Å². The van der Waals surface area contributed by atoms with Gasteiger partial charge in [-0.1, -0.05) is 0 Å². The standard InChI is InChI=1S/C18H24N4O2S/c1(15-13-25-17(22-15)16-12-19-6-7-21-16)5-20-14-2-8-24-18(11-14)3-9-23-10-4-18/h6-7,12-14,20H,1-5,8-11H2/t14-/m0/s1. The van der Waals surface area contributed by atoms with Gasteiger partial charge in [-0.3, -0.25) is 9.97 Å². The number of rotatable bonds is 5. The van der Waals surface area contributed by atoms with Crippen LogP contribution in [0.5, 0.6) is 0 Å². The molecule has 134 valence electrons. The Morgan fingerprint density at radius 2 is 2.16 bits per heavy atom. The lowest BCUT2D eigenvalue weighted by Gasteiger charge is -2.43. The molecule has 2 saturated heterocycles. The van der Waals surface area contributed by atoms with Crippen molar-refractivity contribution >= 4 is 11.3 Å². The third-order valence-corrected chi connectivity index (χ3v) is 5.96. The lowest BCUT2D eigenvalue weighted by molar-refractivity contribution is -0.140. The number of nitrogens with zero attached hydrogens (tertiary/aromatic N) is 3. The van der Waals surface area contributed by atoms with Gasteiger partial charge in [0.05, 0.1) is 17.5 Å². The highest BCUT2D eigenvalue weighted by molar-refractivity contribution is 7.13. The molecule has 1 N–H and O–H groups in total. The number of hydrogen-bond donors (Lipinski definition) is 1. The summed E-state index contributed by atoms with van der Waals surface area (Å²) in [6.45, 7) is 3.46. The molecular formula is C18H24N4O2S. The predicted molar refractivity (Wildman–Crippen MR) is 96.6 cm³/mol. The molecule has 4 rings (SSSR count). The summed E-state index contributed by atoms with van der Waals surface area (Å²) in [6, 6.07) is 0.532. The van der Waals surface area contributed by atoms with E-state index in [1.807, 2.05) is 0 Å². The Balaban J connectivity index is 1.27. The Hall–Kier alpha value is -1.41. The molecule has 0 bridgehead atoms. The van der Waals surface area contributed by atoms with Crippen molar-refractivity contribution in [2.24, 2.45) is 0 Å². The minimum absolute atomic E-state index is 0.0495. The summed E-state index contributed by atoms with van der Waals surface area (Å²) < 4.78 is 11.6. The van der Waals surface area contributed by atoms with Crippen molar-refractivity contribution < 1.29 is 9.47 Å². The van der Waals surface area contributed by atoms with Gasteiger partial charge in [0.25, 0.3) is 0 Å². The minimum Gasteiger partial charge on any atom is -0.381 e. The summed E-state index contributed by atoms with van der Waals surface area (Å²) >= 11 is 1.63. The first-order valence-corrected chi connectivity index (χ1v) is 9.87. The molecule has 0 aromatic carbocycles. The van der Waals surface area contributed by atoms with Crippen molar-refractivity contribution in [1.29, 1.82) is 0 Å². The highest BCUT2D eigenvalue weighted by atomic mass is 32.1. The topological polar surface area (TPSA) is 69.2 Å². The van der Waals surface area contributed by atoms with Crippen molar-refractivity contribution in [2.75, 3.05) is 26.4 Å². The Kier molecular flexibility index (Phi) is 5.36. The molecule has 0 unspecified atom stereocenters. The van der Waals surface area contributed by atoms with Gasteiger partial charge in [-0.05, 0) is 25.7 Å². The van der Waals surface area contributed by atoms with Gasteiger partial charge in [0.2, 0.25) is 0 Å². The largest absolute Gasteiger partial charge is 0.381 e. The smallest absolute Gasteiger partial charge is 0.143 e. The molecule has 7 heteroatoms. The molecule has 6 nitrogen and oxygen atoms in total. The van der Waals surface area contributed by atoms with E-state index in [-0.39, 0.29) is 5.60 Å². The first-order valence-electron chi connectivity index (χ1n) is 8.99. The monoisotopic (exact) mass is 360 g/mol. The van der Waals surface area contributed by atoms with Crippen LogP contribution in [0.1, 0.15) is 31.4 Å². The van der Waals surface area contributed by atoms with Crippen molar-refractivity contribution in [3.8, 4) is 10.7 Å². The lowest BCUT2D eigenvalue weighted by Crippen LogP contribution is -2.50. The average Bonchev–Trinajstić information content (AvgIpc) is 3.12. The summed E-state index contributed by atoms with van der Waals surface area (Å²) in [7, 11) is 0. The fourth-order valence-corrected chi connectivity index (χ4v) is 4.46. The van der Waals surface area contributed by atoms with Gasteiger partial charge in [-0.25, -0.2) is 4.98 Å². The van der Waals surface area contributed by atoms with E-state index < -0.39 is 0 Å². The first-order chi connectivity index (χ1) is 12.3. The van der Waals surface area contributed by atoms with Crippen LogP contribution in [0.15, 0.2) is 24.0 Å². The van der Waals surface area contributed by atoms with Crippen LogP contribution in [0.4, 0.5) is 0 Å². The Morgan fingerprint density at radius 1 is 1.24 bits per heavy atom. The van der Waals surface area contributed by atoms with Gasteiger partial charge in [-0.15, -0.1) is 11.3 Å². The average molecular weight is 360 g/mol. The molecule has 0 aliphatic carbocycles. The molecule has 4 heterocycles. The predicted octanol–water partition coefficient (Wildman–Crippen LogP) is 2.46. The van der Waals surface area contributed by atoms with E-state index in [0.717, 1.165) is 74.9 Å². The summed E-state index contributed by atoms with van der Waals surface area (Å²) in [5.74, 6) is 0. The maximum absolute atomic E-state index is 6.11. The van der Waals surface area contributed by atoms with E-state index >= 15 is 0 Å². The zero-order chi connectivity index (χ0) is 17.0. The Labute approximate surface area is 152 Å². The van der Waals surface area contributed by atoms with Crippen molar-refractivity contribution in [1.82, 2.24) is 20.3 Å². The SMILES string of the molecule is c1cnc(-c2nc(CCN[C@H]3CCOC4(CCOCC4)C3)cs2)cn1. The van der Waals surface area contributed by atoms with Crippen LogP contribution >= 0.6 is 11.3 Å². The number of ether oxygens (including phenoxy) is 2. The maximum Gasteiger partial charge on any atom is 0.143 e. The highest BCUT2D eigenvalue weighted by Gasteiger charge is 2.38. The molecule has 25 heavy (non-hydrogen) atoms. The quantitative estimate of drug-likeness (QED) is 0.883. The number of aromatic nitrogens is 3. The van der Waals surface area contributed by atoms with E-state index in [0.29, 0.717) is 6.04 Å². The fourth-order valence-electron chi connectivity index (χ4n) is 3.65. The summed E-state index contributed by atoms with van der Waals surface area (Å²) in [5.41, 5.74) is 2.01. The second-order valence-corrected chi connectivity index (χ2v) is 7.63. The van der Waals surface area contributed by atoms with Crippen LogP contribution in [0.25, 0.3) is 10.7 Å². The third kappa shape index (κ3) is 4.23. The van der Waals surface area contributed by atoms with E-state index in [1.165, 1.54) is 0 Å². The van der Waals surface area contributed by atoms with Gasteiger partial charge in [-0.2, -0.15) is 0 Å². The van der Waals surface area contributed by atoms with Crippen LogP contribution in [0.3, 0.4) is 0 Å². The van der Waals surface area contributed by atoms with Gasteiger partial charge in [0, 0.05) is 56.6 Å². The molecular weight excluding hydrogens is 336 g/mol. The van der Waals surface area contributed by atoms with Gasteiger partial charge in [0.15, 0.2) is 0 Å². The van der Waals surface area contributed by atoms with Crippen molar-refractivity contribution in [2.45, 2.75) is 43.7 Å².